The number of aromatic nitrogens is 1. The lowest BCUT2D eigenvalue weighted by Gasteiger charge is -2.11. The van der Waals surface area contributed by atoms with E-state index in [9.17, 15) is 18.3 Å². The Balaban J connectivity index is 2.15. The Hall–Kier alpha value is -1.40. The predicted octanol–water partition coefficient (Wildman–Crippen LogP) is 3.75. The first-order valence-electron chi connectivity index (χ1n) is 5.62. The lowest BCUT2D eigenvalue weighted by Crippen LogP contribution is -2.07. The van der Waals surface area contributed by atoms with Crippen LogP contribution in [0.3, 0.4) is 0 Å². The normalized spacial score (nSPS) is 13.5. The zero-order valence-electron chi connectivity index (χ0n) is 10.1. The van der Waals surface area contributed by atoms with Crippen molar-refractivity contribution >= 4 is 11.3 Å². The predicted molar refractivity (Wildman–Crippen MR) is 67.0 cm³/mol. The maximum atomic E-state index is 12.6. The highest BCUT2D eigenvalue weighted by Crippen LogP contribution is 2.30. The summed E-state index contributed by atoms with van der Waals surface area (Å²) in [4.78, 5) is 4.12. The Morgan fingerprint density at radius 3 is 2.68 bits per heavy atom. The van der Waals surface area contributed by atoms with E-state index in [1.54, 1.807) is 11.4 Å². The van der Waals surface area contributed by atoms with Crippen molar-refractivity contribution in [3.8, 4) is 0 Å². The second-order valence-electron chi connectivity index (χ2n) is 4.21. The Bertz CT molecular complexity index is 565. The molecule has 0 saturated carbocycles. The maximum Gasteiger partial charge on any atom is 0.416 e. The van der Waals surface area contributed by atoms with Crippen molar-refractivity contribution in [3.05, 3.63) is 51.5 Å². The molecule has 0 aliphatic rings. The average molecular weight is 287 g/mol. The van der Waals surface area contributed by atoms with E-state index in [1.165, 1.54) is 17.4 Å². The minimum atomic E-state index is -4.36. The first kappa shape index (κ1) is 14.0. The summed E-state index contributed by atoms with van der Waals surface area (Å²) in [5.41, 5.74) is 0.236. The second-order valence-corrected chi connectivity index (χ2v) is 5.27. The fourth-order valence-corrected chi connectivity index (χ4v) is 2.39. The molecule has 1 aromatic heterocycles. The van der Waals surface area contributed by atoms with Crippen LogP contribution >= 0.6 is 11.3 Å². The lowest BCUT2D eigenvalue weighted by molar-refractivity contribution is -0.137. The van der Waals surface area contributed by atoms with Gasteiger partial charge >= 0.3 is 6.18 Å². The van der Waals surface area contributed by atoms with Crippen LogP contribution in [0.5, 0.6) is 0 Å². The number of thiazole rings is 1. The fourth-order valence-electron chi connectivity index (χ4n) is 1.74. The molecule has 1 aromatic carbocycles. The monoisotopic (exact) mass is 287 g/mol. The zero-order chi connectivity index (χ0) is 14.0. The number of nitrogens with zero attached hydrogens (tertiary/aromatic N) is 1. The summed E-state index contributed by atoms with van der Waals surface area (Å²) in [6.45, 7) is 1.81. The highest BCUT2D eigenvalue weighted by molar-refractivity contribution is 7.09. The van der Waals surface area contributed by atoms with Crippen molar-refractivity contribution in [3.63, 3.8) is 0 Å². The van der Waals surface area contributed by atoms with Crippen molar-refractivity contribution in [1.29, 1.82) is 0 Å². The molecule has 0 bridgehead atoms. The van der Waals surface area contributed by atoms with Gasteiger partial charge in [0.15, 0.2) is 0 Å². The number of hydrogen-bond donors (Lipinski definition) is 1. The van der Waals surface area contributed by atoms with Crippen LogP contribution in [-0.2, 0) is 12.6 Å². The van der Waals surface area contributed by atoms with Crippen LogP contribution in [0.4, 0.5) is 13.2 Å². The maximum absolute atomic E-state index is 12.6. The molecule has 1 atom stereocenters. The van der Waals surface area contributed by atoms with Crippen LogP contribution in [-0.4, -0.2) is 10.1 Å². The Morgan fingerprint density at radius 1 is 1.37 bits per heavy atom. The van der Waals surface area contributed by atoms with Crippen LogP contribution in [0, 0.1) is 6.92 Å². The lowest BCUT2D eigenvalue weighted by atomic mass is 10.0. The molecule has 1 unspecified atom stereocenters. The van der Waals surface area contributed by atoms with Gasteiger partial charge in [-0.3, -0.25) is 0 Å². The highest BCUT2D eigenvalue weighted by Gasteiger charge is 2.30. The molecule has 0 aliphatic heterocycles. The highest BCUT2D eigenvalue weighted by atomic mass is 32.1. The topological polar surface area (TPSA) is 33.1 Å². The minimum absolute atomic E-state index is 0.118. The van der Waals surface area contributed by atoms with Gasteiger partial charge in [-0.2, -0.15) is 13.2 Å². The van der Waals surface area contributed by atoms with Crippen LogP contribution in [0.1, 0.15) is 27.9 Å². The summed E-state index contributed by atoms with van der Waals surface area (Å²) >= 11 is 1.40. The van der Waals surface area contributed by atoms with E-state index in [4.69, 9.17) is 0 Å². The molecule has 6 heteroatoms. The third kappa shape index (κ3) is 3.54. The molecule has 1 heterocycles. The van der Waals surface area contributed by atoms with Gasteiger partial charge in [-0.05, 0) is 18.6 Å². The number of benzene rings is 1. The molecule has 0 saturated heterocycles. The van der Waals surface area contributed by atoms with E-state index in [1.807, 2.05) is 6.92 Å². The molecule has 0 aliphatic carbocycles. The van der Waals surface area contributed by atoms with Crippen LogP contribution in [0.2, 0.25) is 0 Å². The number of aliphatic hydroxyl groups is 1. The Kier molecular flexibility index (Phi) is 3.91. The second kappa shape index (κ2) is 5.30. The smallest absolute Gasteiger partial charge is 0.386 e. The summed E-state index contributed by atoms with van der Waals surface area (Å²) in [5, 5.41) is 12.5. The molecule has 0 fully saturated rings. The number of hydrogen-bond acceptors (Lipinski definition) is 3. The van der Waals surface area contributed by atoms with Gasteiger partial charge in [0, 0.05) is 11.8 Å². The van der Waals surface area contributed by atoms with Crippen LogP contribution < -0.4 is 0 Å². The van der Waals surface area contributed by atoms with Crippen molar-refractivity contribution < 1.29 is 18.3 Å². The Morgan fingerprint density at radius 2 is 2.11 bits per heavy atom. The third-order valence-electron chi connectivity index (χ3n) is 2.66. The number of aliphatic hydroxyl groups excluding tert-OH is 1. The Labute approximate surface area is 112 Å². The van der Waals surface area contributed by atoms with Gasteiger partial charge in [0.05, 0.1) is 16.3 Å². The molecular weight excluding hydrogens is 275 g/mol. The van der Waals surface area contributed by atoms with Gasteiger partial charge in [-0.15, -0.1) is 11.3 Å². The largest absolute Gasteiger partial charge is 0.416 e. The van der Waals surface area contributed by atoms with E-state index in [2.05, 4.69) is 4.98 Å². The van der Waals surface area contributed by atoms with E-state index in [0.717, 1.165) is 17.1 Å². The molecule has 2 nitrogen and oxygen atoms in total. The molecular formula is C13H12F3NOS. The van der Waals surface area contributed by atoms with E-state index < -0.39 is 17.8 Å². The van der Waals surface area contributed by atoms with Gasteiger partial charge in [-0.25, -0.2) is 4.98 Å². The minimum Gasteiger partial charge on any atom is -0.386 e. The molecule has 0 spiro atoms. The SMILES string of the molecule is Cc1nc(C(O)Cc2cccc(C(F)(F)F)c2)cs1. The summed E-state index contributed by atoms with van der Waals surface area (Å²) in [5.74, 6) is 0. The third-order valence-corrected chi connectivity index (χ3v) is 3.45. The van der Waals surface area contributed by atoms with Crippen molar-refractivity contribution in [1.82, 2.24) is 4.98 Å². The quantitative estimate of drug-likeness (QED) is 0.932. The number of alkyl halides is 3. The summed E-state index contributed by atoms with van der Waals surface area (Å²) in [6, 6.07) is 4.99. The first-order chi connectivity index (χ1) is 8.86. The van der Waals surface area contributed by atoms with Gasteiger partial charge in [0.2, 0.25) is 0 Å². The van der Waals surface area contributed by atoms with Gasteiger partial charge < -0.3 is 5.11 Å². The van der Waals surface area contributed by atoms with Gasteiger partial charge in [0.25, 0.3) is 0 Å². The summed E-state index contributed by atoms with van der Waals surface area (Å²) < 4.78 is 37.7. The number of aryl methyl sites for hydroxylation is 1. The molecule has 0 amide bonds. The van der Waals surface area contributed by atoms with Crippen molar-refractivity contribution in [2.45, 2.75) is 25.6 Å². The van der Waals surface area contributed by atoms with Crippen molar-refractivity contribution in [2.75, 3.05) is 0 Å². The molecule has 0 radical (unpaired) electrons. The molecule has 2 rings (SSSR count). The number of halogens is 3. The van der Waals surface area contributed by atoms with Crippen LogP contribution in [0.15, 0.2) is 29.6 Å². The first-order valence-corrected chi connectivity index (χ1v) is 6.50. The molecule has 19 heavy (non-hydrogen) atoms. The summed E-state index contributed by atoms with van der Waals surface area (Å²) in [7, 11) is 0. The van der Waals surface area contributed by atoms with Gasteiger partial charge in [-0.1, -0.05) is 18.2 Å². The number of rotatable bonds is 3. The van der Waals surface area contributed by atoms with E-state index in [0.29, 0.717) is 11.3 Å². The zero-order valence-corrected chi connectivity index (χ0v) is 10.9. The van der Waals surface area contributed by atoms with Gasteiger partial charge in [0.1, 0.15) is 6.10 Å². The van der Waals surface area contributed by atoms with Crippen molar-refractivity contribution in [2.24, 2.45) is 0 Å². The summed E-state index contributed by atoms with van der Waals surface area (Å²) in [6.07, 6.45) is -5.13. The fraction of sp³-hybridized carbons (Fsp3) is 0.308. The molecule has 102 valence electrons. The molecule has 2 aromatic rings. The standard InChI is InChI=1S/C13H12F3NOS/c1-8-17-11(7-19-8)12(18)6-9-3-2-4-10(5-9)13(14,15)16/h2-5,7,12,18H,6H2,1H3. The van der Waals surface area contributed by atoms with E-state index >= 15 is 0 Å². The van der Waals surface area contributed by atoms with E-state index in [-0.39, 0.29) is 6.42 Å². The average Bonchev–Trinajstić information content (AvgIpc) is 2.75. The molecule has 1 N–H and O–H groups in total. The van der Waals surface area contributed by atoms with Crippen LogP contribution in [0.25, 0.3) is 0 Å².